The standard InChI is InChI=1S/C16H22F3N5/c1-3-24-13(6-7-20-24)10-22(2)8-12-4-5-15-21-14(16(17,18)19)11-23(15)9-12/h6-7,11-12H,3-5,8-10H2,1-2H3. The summed E-state index contributed by atoms with van der Waals surface area (Å²) in [4.78, 5) is 5.94. The lowest BCUT2D eigenvalue weighted by molar-refractivity contribution is -0.141. The summed E-state index contributed by atoms with van der Waals surface area (Å²) in [5.41, 5.74) is 0.372. The number of hydrogen-bond acceptors (Lipinski definition) is 3. The first kappa shape index (κ1) is 17.0. The monoisotopic (exact) mass is 341 g/mol. The van der Waals surface area contributed by atoms with Crippen molar-refractivity contribution >= 4 is 0 Å². The van der Waals surface area contributed by atoms with Gasteiger partial charge in [0.2, 0.25) is 0 Å². The average Bonchev–Trinajstić information content (AvgIpc) is 3.12. The molecule has 1 aliphatic rings. The first-order chi connectivity index (χ1) is 11.4. The summed E-state index contributed by atoms with van der Waals surface area (Å²) in [7, 11) is 2.04. The molecule has 0 amide bonds. The van der Waals surface area contributed by atoms with E-state index in [0.717, 1.165) is 37.9 Å². The third-order valence-electron chi connectivity index (χ3n) is 4.49. The van der Waals surface area contributed by atoms with E-state index in [1.165, 1.54) is 0 Å². The van der Waals surface area contributed by atoms with Crippen molar-refractivity contribution in [2.45, 2.75) is 45.6 Å². The minimum atomic E-state index is -4.37. The highest BCUT2D eigenvalue weighted by Crippen LogP contribution is 2.30. The molecular formula is C16H22F3N5. The van der Waals surface area contributed by atoms with E-state index < -0.39 is 11.9 Å². The maximum atomic E-state index is 12.8. The third kappa shape index (κ3) is 3.63. The second-order valence-corrected chi connectivity index (χ2v) is 6.43. The van der Waals surface area contributed by atoms with E-state index in [1.807, 2.05) is 17.8 Å². The fraction of sp³-hybridized carbons (Fsp3) is 0.625. The second-order valence-electron chi connectivity index (χ2n) is 6.43. The molecule has 0 saturated carbocycles. The Balaban J connectivity index is 1.60. The van der Waals surface area contributed by atoms with Crippen molar-refractivity contribution < 1.29 is 13.2 Å². The van der Waals surface area contributed by atoms with Crippen LogP contribution in [0.1, 0.15) is 30.6 Å². The Kier molecular flexibility index (Phi) is 4.67. The number of fused-ring (bicyclic) bond motifs is 1. The summed E-state index contributed by atoms with van der Waals surface area (Å²) >= 11 is 0. The average molecular weight is 341 g/mol. The fourth-order valence-electron chi connectivity index (χ4n) is 3.36. The number of nitrogens with zero attached hydrogens (tertiary/aromatic N) is 5. The molecule has 2 aromatic heterocycles. The molecule has 0 saturated heterocycles. The largest absolute Gasteiger partial charge is 0.434 e. The highest BCUT2D eigenvalue weighted by atomic mass is 19.4. The molecule has 0 spiro atoms. The van der Waals surface area contributed by atoms with Crippen molar-refractivity contribution in [2.24, 2.45) is 5.92 Å². The number of imidazole rings is 1. The van der Waals surface area contributed by atoms with Gasteiger partial charge in [0.25, 0.3) is 0 Å². The summed E-state index contributed by atoms with van der Waals surface area (Å²) < 4.78 is 41.9. The molecule has 8 heteroatoms. The van der Waals surface area contributed by atoms with Crippen molar-refractivity contribution in [3.63, 3.8) is 0 Å². The lowest BCUT2D eigenvalue weighted by Gasteiger charge is -2.28. The van der Waals surface area contributed by atoms with Gasteiger partial charge in [0.15, 0.2) is 5.69 Å². The minimum absolute atomic E-state index is 0.329. The van der Waals surface area contributed by atoms with Gasteiger partial charge in [-0.1, -0.05) is 0 Å². The Morgan fingerprint density at radius 2 is 2.17 bits per heavy atom. The Labute approximate surface area is 139 Å². The van der Waals surface area contributed by atoms with Gasteiger partial charge in [-0.25, -0.2) is 4.98 Å². The summed E-state index contributed by atoms with van der Waals surface area (Å²) in [6.45, 7) is 5.10. The van der Waals surface area contributed by atoms with Crippen LogP contribution in [0.25, 0.3) is 0 Å². The van der Waals surface area contributed by atoms with Gasteiger partial charge in [-0.2, -0.15) is 18.3 Å². The summed E-state index contributed by atoms with van der Waals surface area (Å²) in [5, 5.41) is 4.26. The summed E-state index contributed by atoms with van der Waals surface area (Å²) in [6, 6.07) is 2.00. The van der Waals surface area contributed by atoms with E-state index in [0.29, 0.717) is 24.7 Å². The van der Waals surface area contributed by atoms with Crippen LogP contribution in [0.15, 0.2) is 18.5 Å². The van der Waals surface area contributed by atoms with Gasteiger partial charge in [0, 0.05) is 45.0 Å². The molecule has 3 rings (SSSR count). The number of alkyl halides is 3. The smallest absolute Gasteiger partial charge is 0.334 e. The number of aryl methyl sites for hydroxylation is 2. The molecule has 3 heterocycles. The molecule has 0 N–H and O–H groups in total. The van der Waals surface area contributed by atoms with E-state index in [2.05, 4.69) is 21.9 Å². The maximum Gasteiger partial charge on any atom is 0.434 e. The molecule has 132 valence electrons. The maximum absolute atomic E-state index is 12.8. The van der Waals surface area contributed by atoms with Gasteiger partial charge in [0.1, 0.15) is 5.82 Å². The van der Waals surface area contributed by atoms with Gasteiger partial charge < -0.3 is 9.47 Å². The van der Waals surface area contributed by atoms with Crippen molar-refractivity contribution in [1.29, 1.82) is 0 Å². The van der Waals surface area contributed by atoms with Crippen molar-refractivity contribution in [3.05, 3.63) is 35.7 Å². The van der Waals surface area contributed by atoms with Gasteiger partial charge in [-0.05, 0) is 32.4 Å². The first-order valence-corrected chi connectivity index (χ1v) is 8.19. The number of rotatable bonds is 5. The van der Waals surface area contributed by atoms with Gasteiger partial charge in [-0.3, -0.25) is 4.68 Å². The van der Waals surface area contributed by atoms with Crippen LogP contribution >= 0.6 is 0 Å². The first-order valence-electron chi connectivity index (χ1n) is 8.19. The Morgan fingerprint density at radius 1 is 1.38 bits per heavy atom. The zero-order valence-corrected chi connectivity index (χ0v) is 13.9. The Bertz CT molecular complexity index is 688. The topological polar surface area (TPSA) is 38.9 Å². The Morgan fingerprint density at radius 3 is 2.88 bits per heavy atom. The van der Waals surface area contributed by atoms with E-state index >= 15 is 0 Å². The molecule has 24 heavy (non-hydrogen) atoms. The van der Waals surface area contributed by atoms with Crippen LogP contribution in [-0.4, -0.2) is 37.8 Å². The Hall–Kier alpha value is -1.83. The highest BCUT2D eigenvalue weighted by Gasteiger charge is 2.35. The van der Waals surface area contributed by atoms with E-state index in [9.17, 15) is 13.2 Å². The van der Waals surface area contributed by atoms with Gasteiger partial charge in [-0.15, -0.1) is 0 Å². The van der Waals surface area contributed by atoms with Crippen LogP contribution in [0, 0.1) is 5.92 Å². The molecule has 1 aliphatic heterocycles. The normalized spacial score (nSPS) is 18.2. The molecule has 0 bridgehead atoms. The van der Waals surface area contributed by atoms with Crippen molar-refractivity contribution in [1.82, 2.24) is 24.2 Å². The summed E-state index contributed by atoms with van der Waals surface area (Å²) in [5.74, 6) is 0.876. The molecule has 0 aliphatic carbocycles. The van der Waals surface area contributed by atoms with Crippen LogP contribution in [0.4, 0.5) is 13.2 Å². The molecular weight excluding hydrogens is 319 g/mol. The van der Waals surface area contributed by atoms with E-state index in [1.54, 1.807) is 10.8 Å². The SMILES string of the molecule is CCn1nccc1CN(C)CC1CCc2nc(C(F)(F)F)cn2C1. The highest BCUT2D eigenvalue weighted by molar-refractivity contribution is 5.10. The zero-order chi connectivity index (χ0) is 17.3. The zero-order valence-electron chi connectivity index (χ0n) is 13.9. The summed E-state index contributed by atoms with van der Waals surface area (Å²) in [6.07, 6.45) is 0.0414. The number of halogens is 3. The van der Waals surface area contributed by atoms with Crippen LogP contribution in [0.3, 0.4) is 0 Å². The van der Waals surface area contributed by atoms with Gasteiger partial charge >= 0.3 is 6.18 Å². The molecule has 1 atom stereocenters. The van der Waals surface area contributed by atoms with E-state index in [-0.39, 0.29) is 0 Å². The van der Waals surface area contributed by atoms with Crippen LogP contribution in [-0.2, 0) is 32.2 Å². The van der Waals surface area contributed by atoms with Crippen LogP contribution < -0.4 is 0 Å². The van der Waals surface area contributed by atoms with Crippen LogP contribution in [0.2, 0.25) is 0 Å². The minimum Gasteiger partial charge on any atom is -0.334 e. The number of hydrogen-bond donors (Lipinski definition) is 0. The predicted octanol–water partition coefficient (Wildman–Crippen LogP) is 2.81. The molecule has 1 unspecified atom stereocenters. The van der Waals surface area contributed by atoms with Crippen LogP contribution in [0.5, 0.6) is 0 Å². The van der Waals surface area contributed by atoms with Crippen molar-refractivity contribution in [3.8, 4) is 0 Å². The fourth-order valence-corrected chi connectivity index (χ4v) is 3.36. The van der Waals surface area contributed by atoms with Crippen molar-refractivity contribution in [2.75, 3.05) is 13.6 Å². The molecule has 0 aromatic carbocycles. The second kappa shape index (κ2) is 6.58. The lowest BCUT2D eigenvalue weighted by Crippen LogP contribution is -2.31. The number of aromatic nitrogens is 4. The molecule has 0 radical (unpaired) electrons. The van der Waals surface area contributed by atoms with Gasteiger partial charge in [0.05, 0.1) is 5.69 Å². The molecule has 2 aromatic rings. The lowest BCUT2D eigenvalue weighted by atomic mass is 9.99. The van der Waals surface area contributed by atoms with E-state index in [4.69, 9.17) is 0 Å². The predicted molar refractivity (Wildman–Crippen MR) is 83.3 cm³/mol. The third-order valence-corrected chi connectivity index (χ3v) is 4.49. The molecule has 5 nitrogen and oxygen atoms in total. The molecule has 0 fully saturated rings. The quantitative estimate of drug-likeness (QED) is 0.839.